The van der Waals surface area contributed by atoms with Crippen molar-refractivity contribution in [2.45, 2.75) is 43.0 Å². The van der Waals surface area contributed by atoms with Gasteiger partial charge in [-0.2, -0.15) is 0 Å². The van der Waals surface area contributed by atoms with Gasteiger partial charge in [0.25, 0.3) is 0 Å². The molecule has 1 amide bonds. The van der Waals surface area contributed by atoms with Gasteiger partial charge < -0.3 is 9.62 Å². The van der Waals surface area contributed by atoms with Crippen molar-refractivity contribution < 1.29 is 4.79 Å². The minimum absolute atomic E-state index is 0.128. The van der Waals surface area contributed by atoms with E-state index in [4.69, 9.17) is 0 Å². The van der Waals surface area contributed by atoms with Gasteiger partial charge in [-0.15, -0.1) is 0 Å². The van der Waals surface area contributed by atoms with Gasteiger partial charge in [-0.1, -0.05) is 55.7 Å². The van der Waals surface area contributed by atoms with Crippen LogP contribution in [0.15, 0.2) is 53.4 Å². The molecule has 3 nitrogen and oxygen atoms in total. The van der Waals surface area contributed by atoms with Crippen LogP contribution < -0.4 is 9.62 Å². The van der Waals surface area contributed by atoms with Gasteiger partial charge in [0.2, 0.25) is 5.91 Å². The summed E-state index contributed by atoms with van der Waals surface area (Å²) < 4.78 is 2.12. The summed E-state index contributed by atoms with van der Waals surface area (Å²) in [4.78, 5) is 13.7. The highest BCUT2D eigenvalue weighted by Gasteiger charge is 2.25. The van der Waals surface area contributed by atoms with E-state index < -0.39 is 0 Å². The molecular weight excluding hydrogens is 316 g/mol. The van der Waals surface area contributed by atoms with Gasteiger partial charge in [0, 0.05) is 16.5 Å². The number of benzene rings is 2. The van der Waals surface area contributed by atoms with Crippen LogP contribution in [0.3, 0.4) is 0 Å². The SMILES string of the molecule is O=C(CN1Sc2ccccc2-c2ccccc21)NC1CCCCC1. The first-order valence-electron chi connectivity index (χ1n) is 8.74. The molecule has 1 aliphatic carbocycles. The lowest BCUT2D eigenvalue weighted by Gasteiger charge is -2.31. The number of anilines is 1. The second-order valence-corrected chi connectivity index (χ2v) is 7.61. The van der Waals surface area contributed by atoms with Crippen LogP contribution in [0.1, 0.15) is 32.1 Å². The quantitative estimate of drug-likeness (QED) is 0.828. The van der Waals surface area contributed by atoms with E-state index in [1.807, 2.05) is 6.07 Å². The summed E-state index contributed by atoms with van der Waals surface area (Å²) in [7, 11) is 0. The molecule has 0 aromatic heterocycles. The van der Waals surface area contributed by atoms with E-state index in [2.05, 4.69) is 52.1 Å². The van der Waals surface area contributed by atoms with E-state index in [1.165, 1.54) is 35.3 Å². The zero-order chi connectivity index (χ0) is 16.4. The van der Waals surface area contributed by atoms with Crippen LogP contribution in [-0.2, 0) is 4.79 Å². The zero-order valence-corrected chi connectivity index (χ0v) is 14.5. The molecule has 124 valence electrons. The number of fused-ring (bicyclic) bond motifs is 3. The number of amides is 1. The van der Waals surface area contributed by atoms with Crippen LogP contribution >= 0.6 is 11.9 Å². The second kappa shape index (κ2) is 6.89. The Morgan fingerprint density at radius 1 is 1.00 bits per heavy atom. The monoisotopic (exact) mass is 338 g/mol. The lowest BCUT2D eigenvalue weighted by molar-refractivity contribution is -0.120. The lowest BCUT2D eigenvalue weighted by atomic mass is 9.95. The fraction of sp³-hybridized carbons (Fsp3) is 0.350. The van der Waals surface area contributed by atoms with Crippen LogP contribution in [0, 0.1) is 0 Å². The van der Waals surface area contributed by atoms with Crippen molar-refractivity contribution in [3.05, 3.63) is 48.5 Å². The zero-order valence-electron chi connectivity index (χ0n) is 13.7. The summed E-state index contributed by atoms with van der Waals surface area (Å²) >= 11 is 1.66. The Morgan fingerprint density at radius 3 is 2.54 bits per heavy atom. The molecule has 2 aromatic rings. The van der Waals surface area contributed by atoms with E-state index in [9.17, 15) is 4.79 Å². The van der Waals surface area contributed by atoms with Gasteiger partial charge in [0.15, 0.2) is 0 Å². The maximum absolute atomic E-state index is 12.5. The molecule has 0 unspecified atom stereocenters. The van der Waals surface area contributed by atoms with Crippen LogP contribution in [0.4, 0.5) is 5.69 Å². The molecule has 1 fully saturated rings. The number of carbonyl (C=O) groups is 1. The van der Waals surface area contributed by atoms with E-state index >= 15 is 0 Å². The topological polar surface area (TPSA) is 32.3 Å². The molecule has 1 saturated carbocycles. The van der Waals surface area contributed by atoms with Gasteiger partial charge >= 0.3 is 0 Å². The van der Waals surface area contributed by atoms with Gasteiger partial charge in [-0.25, -0.2) is 0 Å². The number of hydrogen-bond acceptors (Lipinski definition) is 3. The number of nitrogens with one attached hydrogen (secondary N) is 1. The summed E-state index contributed by atoms with van der Waals surface area (Å²) in [5, 5.41) is 3.23. The Kier molecular flexibility index (Phi) is 4.48. The summed E-state index contributed by atoms with van der Waals surface area (Å²) in [6, 6.07) is 17.1. The summed E-state index contributed by atoms with van der Waals surface area (Å²) in [5.74, 6) is 0.128. The Morgan fingerprint density at radius 2 is 1.71 bits per heavy atom. The van der Waals surface area contributed by atoms with Crippen LogP contribution in [0.5, 0.6) is 0 Å². The largest absolute Gasteiger partial charge is 0.352 e. The third-order valence-electron chi connectivity index (χ3n) is 4.82. The van der Waals surface area contributed by atoms with E-state index in [0.29, 0.717) is 12.6 Å². The third-order valence-corrected chi connectivity index (χ3v) is 5.91. The van der Waals surface area contributed by atoms with Crippen molar-refractivity contribution in [3.8, 4) is 11.1 Å². The normalized spacial score (nSPS) is 17.1. The lowest BCUT2D eigenvalue weighted by Crippen LogP contribution is -2.41. The van der Waals surface area contributed by atoms with Gasteiger partial charge in [0.05, 0.1) is 5.69 Å². The first kappa shape index (κ1) is 15.6. The Bertz CT molecular complexity index is 740. The Hall–Kier alpha value is -1.94. The highest BCUT2D eigenvalue weighted by Crippen LogP contribution is 2.45. The second-order valence-electron chi connectivity index (χ2n) is 6.54. The van der Waals surface area contributed by atoms with Gasteiger partial charge in [0.1, 0.15) is 6.54 Å². The smallest absolute Gasteiger partial charge is 0.240 e. The first-order chi connectivity index (χ1) is 11.8. The summed E-state index contributed by atoms with van der Waals surface area (Å²) in [6.45, 7) is 0.395. The predicted octanol–water partition coefficient (Wildman–Crippen LogP) is 4.63. The van der Waals surface area contributed by atoms with E-state index in [-0.39, 0.29) is 5.91 Å². The maximum Gasteiger partial charge on any atom is 0.240 e. The number of rotatable bonds is 3. The Balaban J connectivity index is 1.53. The van der Waals surface area contributed by atoms with Gasteiger partial charge in [-0.3, -0.25) is 4.79 Å². The molecular formula is C20H22N2OS. The van der Waals surface area contributed by atoms with Crippen molar-refractivity contribution >= 4 is 23.5 Å². The molecule has 1 heterocycles. The number of hydrogen-bond donors (Lipinski definition) is 1. The summed E-state index contributed by atoms with van der Waals surface area (Å²) in [5.41, 5.74) is 3.58. The highest BCUT2D eigenvalue weighted by atomic mass is 32.2. The van der Waals surface area contributed by atoms with Crippen LogP contribution in [0.2, 0.25) is 0 Å². The summed E-state index contributed by atoms with van der Waals surface area (Å²) in [6.07, 6.45) is 6.02. The predicted molar refractivity (Wildman–Crippen MR) is 100 cm³/mol. The molecule has 4 heteroatoms. The number of para-hydroxylation sites is 1. The number of nitrogens with zero attached hydrogens (tertiary/aromatic N) is 1. The molecule has 2 aliphatic rings. The molecule has 0 spiro atoms. The average Bonchev–Trinajstić information content (AvgIpc) is 2.63. The van der Waals surface area contributed by atoms with E-state index in [0.717, 1.165) is 18.5 Å². The minimum atomic E-state index is 0.128. The van der Waals surface area contributed by atoms with Crippen LogP contribution in [0.25, 0.3) is 11.1 Å². The molecule has 4 rings (SSSR count). The van der Waals surface area contributed by atoms with Crippen molar-refractivity contribution in [2.24, 2.45) is 0 Å². The molecule has 2 aromatic carbocycles. The van der Waals surface area contributed by atoms with Crippen molar-refractivity contribution in [3.63, 3.8) is 0 Å². The molecule has 1 N–H and O–H groups in total. The molecule has 24 heavy (non-hydrogen) atoms. The van der Waals surface area contributed by atoms with Crippen molar-refractivity contribution in [1.82, 2.24) is 5.32 Å². The average molecular weight is 338 g/mol. The number of carbonyl (C=O) groups excluding carboxylic acids is 1. The van der Waals surface area contributed by atoms with Crippen LogP contribution in [-0.4, -0.2) is 18.5 Å². The molecule has 0 atom stereocenters. The first-order valence-corrected chi connectivity index (χ1v) is 9.52. The fourth-order valence-electron chi connectivity index (χ4n) is 3.62. The maximum atomic E-state index is 12.5. The Labute approximate surface area is 147 Å². The minimum Gasteiger partial charge on any atom is -0.352 e. The molecule has 0 radical (unpaired) electrons. The molecule has 0 saturated heterocycles. The van der Waals surface area contributed by atoms with Gasteiger partial charge in [-0.05, 0) is 42.5 Å². The standard InChI is InChI=1S/C20H22N2OS/c23-20(21-15-8-2-1-3-9-15)14-22-18-12-6-4-10-16(18)17-11-5-7-13-19(17)24-22/h4-7,10-13,15H,1-3,8-9,14H2,(H,21,23). The van der Waals surface area contributed by atoms with Crippen molar-refractivity contribution in [2.75, 3.05) is 10.8 Å². The van der Waals surface area contributed by atoms with E-state index in [1.54, 1.807) is 11.9 Å². The molecule has 0 bridgehead atoms. The van der Waals surface area contributed by atoms with Crippen molar-refractivity contribution in [1.29, 1.82) is 0 Å². The molecule has 1 aliphatic heterocycles. The highest BCUT2D eigenvalue weighted by molar-refractivity contribution is 8.01. The third kappa shape index (κ3) is 3.16. The fourth-order valence-corrected chi connectivity index (χ4v) is 4.72.